The second-order valence-electron chi connectivity index (χ2n) is 5.13. The first-order valence-corrected chi connectivity index (χ1v) is 7.86. The molecule has 0 aliphatic carbocycles. The third kappa shape index (κ3) is 4.20. The number of thioether (sulfide) groups is 1. The Morgan fingerprint density at radius 1 is 1.43 bits per heavy atom. The first-order chi connectivity index (χ1) is 10.9. The van der Waals surface area contributed by atoms with Crippen LogP contribution in [-0.2, 0) is 4.79 Å². The van der Waals surface area contributed by atoms with Gasteiger partial charge in [0.1, 0.15) is 17.5 Å². The standard InChI is InChI=1S/C16H17N5OS/c1-9-4-5-13(10(2)6-9)20-15(22)11(3)23-16-19-8-12(7-17)14(18)21-16/h4-6,8,11H,1-3H3,(H,20,22)(H2,18,19,21). The summed E-state index contributed by atoms with van der Waals surface area (Å²) >= 11 is 1.19. The summed E-state index contributed by atoms with van der Waals surface area (Å²) in [6, 6.07) is 7.75. The van der Waals surface area contributed by atoms with Gasteiger partial charge in [0.2, 0.25) is 5.91 Å². The molecule has 118 valence electrons. The van der Waals surface area contributed by atoms with Gasteiger partial charge in [-0.3, -0.25) is 4.79 Å². The zero-order chi connectivity index (χ0) is 17.0. The molecule has 0 radical (unpaired) electrons. The first-order valence-electron chi connectivity index (χ1n) is 6.98. The lowest BCUT2D eigenvalue weighted by molar-refractivity contribution is -0.115. The fourth-order valence-electron chi connectivity index (χ4n) is 1.92. The molecule has 0 saturated carbocycles. The maximum Gasteiger partial charge on any atom is 0.237 e. The lowest BCUT2D eigenvalue weighted by atomic mass is 10.1. The van der Waals surface area contributed by atoms with E-state index in [2.05, 4.69) is 15.3 Å². The van der Waals surface area contributed by atoms with Crippen LogP contribution in [0.2, 0.25) is 0 Å². The zero-order valence-electron chi connectivity index (χ0n) is 13.1. The van der Waals surface area contributed by atoms with Crippen LogP contribution in [-0.4, -0.2) is 21.1 Å². The van der Waals surface area contributed by atoms with Crippen LogP contribution in [0.5, 0.6) is 0 Å². The largest absolute Gasteiger partial charge is 0.382 e. The van der Waals surface area contributed by atoms with Crippen LogP contribution in [0.3, 0.4) is 0 Å². The van der Waals surface area contributed by atoms with Crippen LogP contribution in [0.15, 0.2) is 29.6 Å². The first kappa shape index (κ1) is 16.8. The summed E-state index contributed by atoms with van der Waals surface area (Å²) in [7, 11) is 0. The highest BCUT2D eigenvalue weighted by Gasteiger charge is 2.17. The monoisotopic (exact) mass is 327 g/mol. The highest BCUT2D eigenvalue weighted by molar-refractivity contribution is 8.00. The predicted octanol–water partition coefficient (Wildman–Crippen LogP) is 2.67. The van der Waals surface area contributed by atoms with E-state index in [1.807, 2.05) is 38.1 Å². The van der Waals surface area contributed by atoms with Gasteiger partial charge in [0.05, 0.1) is 11.4 Å². The minimum Gasteiger partial charge on any atom is -0.382 e. The molecule has 0 bridgehead atoms. The molecule has 0 aliphatic heterocycles. The summed E-state index contributed by atoms with van der Waals surface area (Å²) in [6.45, 7) is 5.72. The van der Waals surface area contributed by atoms with E-state index in [1.54, 1.807) is 6.92 Å². The van der Waals surface area contributed by atoms with Crippen molar-refractivity contribution in [2.45, 2.75) is 31.2 Å². The van der Waals surface area contributed by atoms with Gasteiger partial charge in [0.15, 0.2) is 5.16 Å². The quantitative estimate of drug-likeness (QED) is 0.661. The highest BCUT2D eigenvalue weighted by Crippen LogP contribution is 2.23. The van der Waals surface area contributed by atoms with Crippen LogP contribution >= 0.6 is 11.8 Å². The lowest BCUT2D eigenvalue weighted by Crippen LogP contribution is -2.23. The Kier molecular flexibility index (Phi) is 5.19. The van der Waals surface area contributed by atoms with Crippen molar-refractivity contribution in [1.82, 2.24) is 9.97 Å². The summed E-state index contributed by atoms with van der Waals surface area (Å²) in [6.07, 6.45) is 1.36. The second-order valence-corrected chi connectivity index (χ2v) is 6.44. The van der Waals surface area contributed by atoms with Gasteiger partial charge < -0.3 is 11.1 Å². The smallest absolute Gasteiger partial charge is 0.237 e. The molecule has 1 unspecified atom stereocenters. The molecule has 1 aromatic carbocycles. The van der Waals surface area contributed by atoms with Crippen molar-refractivity contribution in [2.75, 3.05) is 11.1 Å². The number of nitriles is 1. The molecule has 23 heavy (non-hydrogen) atoms. The molecule has 1 amide bonds. The zero-order valence-corrected chi connectivity index (χ0v) is 13.9. The number of nitrogen functional groups attached to an aromatic ring is 1. The fraction of sp³-hybridized carbons (Fsp3) is 0.250. The molecule has 1 atom stereocenters. The van der Waals surface area contributed by atoms with E-state index in [0.717, 1.165) is 16.8 Å². The Bertz CT molecular complexity index is 785. The van der Waals surface area contributed by atoms with Gasteiger partial charge in [-0.15, -0.1) is 0 Å². The number of rotatable bonds is 4. The number of nitrogens with one attached hydrogen (secondary N) is 1. The van der Waals surface area contributed by atoms with Crippen molar-refractivity contribution >= 4 is 29.2 Å². The number of benzene rings is 1. The van der Waals surface area contributed by atoms with Crippen molar-refractivity contribution in [3.05, 3.63) is 41.1 Å². The summed E-state index contributed by atoms with van der Waals surface area (Å²) in [5.74, 6) is -0.0273. The summed E-state index contributed by atoms with van der Waals surface area (Å²) in [4.78, 5) is 20.4. The minimum atomic E-state index is -0.400. The maximum absolute atomic E-state index is 12.3. The Morgan fingerprint density at radius 2 is 2.17 bits per heavy atom. The van der Waals surface area contributed by atoms with E-state index in [0.29, 0.717) is 5.16 Å². The molecule has 0 fully saturated rings. The molecule has 7 heteroatoms. The lowest BCUT2D eigenvalue weighted by Gasteiger charge is -2.13. The van der Waals surface area contributed by atoms with Crippen LogP contribution in [0.25, 0.3) is 0 Å². The fourth-order valence-corrected chi connectivity index (χ4v) is 2.67. The van der Waals surface area contributed by atoms with Crippen LogP contribution < -0.4 is 11.1 Å². The Morgan fingerprint density at radius 3 is 2.78 bits per heavy atom. The average molecular weight is 327 g/mol. The van der Waals surface area contributed by atoms with E-state index in [-0.39, 0.29) is 17.3 Å². The van der Waals surface area contributed by atoms with Crippen molar-refractivity contribution in [3.63, 3.8) is 0 Å². The Hall–Kier alpha value is -2.59. The van der Waals surface area contributed by atoms with Crippen molar-refractivity contribution in [2.24, 2.45) is 0 Å². The molecule has 0 spiro atoms. The summed E-state index contributed by atoms with van der Waals surface area (Å²) < 4.78 is 0. The average Bonchev–Trinajstić information content (AvgIpc) is 2.50. The van der Waals surface area contributed by atoms with Gasteiger partial charge in [-0.2, -0.15) is 5.26 Å². The number of nitrogens with zero attached hydrogens (tertiary/aromatic N) is 3. The van der Waals surface area contributed by atoms with Gasteiger partial charge in [-0.05, 0) is 32.4 Å². The SMILES string of the molecule is Cc1ccc(NC(=O)C(C)Sc2ncc(C#N)c(N)n2)c(C)c1. The molecular weight excluding hydrogens is 310 g/mol. The molecule has 1 heterocycles. The van der Waals surface area contributed by atoms with E-state index >= 15 is 0 Å². The number of anilines is 2. The van der Waals surface area contributed by atoms with Crippen LogP contribution in [0, 0.1) is 25.2 Å². The number of aryl methyl sites for hydroxylation is 2. The van der Waals surface area contributed by atoms with Crippen molar-refractivity contribution < 1.29 is 4.79 Å². The third-order valence-corrected chi connectivity index (χ3v) is 4.18. The maximum atomic E-state index is 12.3. The van der Waals surface area contributed by atoms with E-state index in [4.69, 9.17) is 11.0 Å². The molecule has 6 nitrogen and oxygen atoms in total. The van der Waals surface area contributed by atoms with Crippen LogP contribution in [0.4, 0.5) is 11.5 Å². The van der Waals surface area contributed by atoms with Gasteiger partial charge in [0.25, 0.3) is 0 Å². The summed E-state index contributed by atoms with van der Waals surface area (Å²) in [5, 5.41) is 11.7. The van der Waals surface area contributed by atoms with E-state index in [1.165, 1.54) is 18.0 Å². The van der Waals surface area contributed by atoms with Crippen molar-refractivity contribution in [3.8, 4) is 6.07 Å². The number of hydrogen-bond acceptors (Lipinski definition) is 6. The Balaban J connectivity index is 2.05. The number of carbonyl (C=O) groups excluding carboxylic acids is 1. The number of nitrogens with two attached hydrogens (primary N) is 1. The number of amides is 1. The van der Waals surface area contributed by atoms with Gasteiger partial charge in [0, 0.05) is 5.69 Å². The molecule has 2 rings (SSSR count). The van der Waals surface area contributed by atoms with Gasteiger partial charge in [-0.25, -0.2) is 9.97 Å². The van der Waals surface area contributed by atoms with Crippen LogP contribution in [0.1, 0.15) is 23.6 Å². The number of aromatic nitrogens is 2. The third-order valence-electron chi connectivity index (χ3n) is 3.21. The highest BCUT2D eigenvalue weighted by atomic mass is 32.2. The van der Waals surface area contributed by atoms with E-state index in [9.17, 15) is 4.79 Å². The van der Waals surface area contributed by atoms with E-state index < -0.39 is 5.25 Å². The molecular formula is C16H17N5OS. The Labute approximate surface area is 139 Å². The molecule has 3 N–H and O–H groups in total. The number of hydrogen-bond donors (Lipinski definition) is 2. The van der Waals surface area contributed by atoms with Gasteiger partial charge in [-0.1, -0.05) is 29.5 Å². The normalized spacial score (nSPS) is 11.6. The minimum absolute atomic E-state index is 0.118. The topological polar surface area (TPSA) is 105 Å². The molecule has 0 aliphatic rings. The molecule has 1 aromatic heterocycles. The second kappa shape index (κ2) is 7.11. The van der Waals surface area contributed by atoms with Gasteiger partial charge >= 0.3 is 0 Å². The molecule has 0 saturated heterocycles. The predicted molar refractivity (Wildman–Crippen MR) is 91.0 cm³/mol. The molecule has 2 aromatic rings. The summed E-state index contributed by atoms with van der Waals surface area (Å²) in [5.41, 5.74) is 8.81. The number of carbonyl (C=O) groups is 1. The van der Waals surface area contributed by atoms with Crippen molar-refractivity contribution in [1.29, 1.82) is 5.26 Å².